The molecule has 1 aliphatic heterocycles. The molecule has 0 amide bonds. The number of carbonyl (C=O) groups excluding carboxylic acids is 1. The second-order valence-electron chi connectivity index (χ2n) is 5.13. The zero-order valence-corrected chi connectivity index (χ0v) is 12.0. The van der Waals surface area contributed by atoms with Crippen molar-refractivity contribution in [2.24, 2.45) is 5.92 Å². The normalized spacial score (nSPS) is 20.9. The summed E-state index contributed by atoms with van der Waals surface area (Å²) in [4.78, 5) is 15.7. The molecule has 2 rings (SSSR count). The van der Waals surface area contributed by atoms with Gasteiger partial charge in [0.05, 0.1) is 6.54 Å². The summed E-state index contributed by atoms with van der Waals surface area (Å²) in [5, 5.41) is 0. The van der Waals surface area contributed by atoms with E-state index in [1.165, 1.54) is 17.7 Å². The molecule has 0 spiro atoms. The Balaban J connectivity index is 1.94. The first-order valence-corrected chi connectivity index (χ1v) is 7.81. The largest absolute Gasteiger partial charge is 0.296 e. The predicted octanol–water partition coefficient (Wildman–Crippen LogP) is 3.32. The molecule has 1 atom stereocenters. The van der Waals surface area contributed by atoms with Crippen LogP contribution in [-0.2, 0) is 0 Å². The summed E-state index contributed by atoms with van der Waals surface area (Å²) in [5.41, 5.74) is 0.839. The van der Waals surface area contributed by atoms with Gasteiger partial charge >= 0.3 is 0 Å². The Morgan fingerprint density at radius 2 is 2.11 bits per heavy atom. The van der Waals surface area contributed by atoms with Crippen LogP contribution in [-0.4, -0.2) is 36.6 Å². The Morgan fingerprint density at radius 1 is 1.39 bits per heavy atom. The van der Waals surface area contributed by atoms with Gasteiger partial charge in [-0.25, -0.2) is 0 Å². The monoisotopic (exact) mass is 263 g/mol. The van der Waals surface area contributed by atoms with Crippen molar-refractivity contribution >= 4 is 17.5 Å². The molecule has 1 aromatic rings. The Labute approximate surface area is 114 Å². The average molecular weight is 263 g/mol. The number of nitrogens with zero attached hydrogens (tertiary/aromatic N) is 1. The van der Waals surface area contributed by atoms with Gasteiger partial charge in [-0.05, 0) is 43.7 Å². The van der Waals surface area contributed by atoms with Gasteiger partial charge in [0.25, 0.3) is 0 Å². The molecule has 18 heavy (non-hydrogen) atoms. The molecule has 0 aliphatic carbocycles. The molecular weight excluding hydrogens is 242 g/mol. The summed E-state index contributed by atoms with van der Waals surface area (Å²) < 4.78 is 0. The molecule has 0 bridgehead atoms. The highest BCUT2D eigenvalue weighted by Gasteiger charge is 2.19. The summed E-state index contributed by atoms with van der Waals surface area (Å²) in [6.07, 6.45) is 4.57. The lowest BCUT2D eigenvalue weighted by molar-refractivity contribution is 0.0893. The summed E-state index contributed by atoms with van der Waals surface area (Å²) in [5.74, 6) is 0.974. The zero-order valence-electron chi connectivity index (χ0n) is 11.2. The molecule has 3 heteroatoms. The van der Waals surface area contributed by atoms with Crippen LogP contribution in [0.15, 0.2) is 29.2 Å². The maximum absolute atomic E-state index is 12.2. The van der Waals surface area contributed by atoms with Crippen molar-refractivity contribution in [3.8, 4) is 0 Å². The molecule has 2 nitrogen and oxygen atoms in total. The molecule has 0 saturated carbocycles. The van der Waals surface area contributed by atoms with E-state index in [0.717, 1.165) is 24.6 Å². The Bertz CT molecular complexity index is 401. The number of Topliss-reactive ketones (excluding diaryl/α,β-unsaturated/α-hetero) is 1. The Kier molecular flexibility index (Phi) is 4.84. The van der Waals surface area contributed by atoms with Crippen molar-refractivity contribution in [2.45, 2.75) is 24.7 Å². The number of piperidine rings is 1. The van der Waals surface area contributed by atoms with E-state index in [-0.39, 0.29) is 5.78 Å². The minimum absolute atomic E-state index is 0.247. The van der Waals surface area contributed by atoms with Gasteiger partial charge in [0.2, 0.25) is 0 Å². The minimum atomic E-state index is 0.247. The van der Waals surface area contributed by atoms with Gasteiger partial charge < -0.3 is 0 Å². The lowest BCUT2D eigenvalue weighted by Crippen LogP contribution is -2.37. The molecule has 0 aromatic heterocycles. The van der Waals surface area contributed by atoms with Crippen LogP contribution >= 0.6 is 11.8 Å². The van der Waals surface area contributed by atoms with Gasteiger partial charge in [-0.3, -0.25) is 9.69 Å². The van der Waals surface area contributed by atoms with Crippen LogP contribution in [0.4, 0.5) is 0 Å². The molecule has 1 aliphatic rings. The molecular formula is C15H21NOS. The molecule has 1 saturated heterocycles. The fourth-order valence-corrected chi connectivity index (χ4v) is 2.91. The van der Waals surface area contributed by atoms with Crippen molar-refractivity contribution < 1.29 is 4.79 Å². The smallest absolute Gasteiger partial charge is 0.176 e. The third-order valence-electron chi connectivity index (χ3n) is 3.52. The van der Waals surface area contributed by atoms with E-state index >= 15 is 0 Å². The van der Waals surface area contributed by atoms with Gasteiger partial charge in [0.1, 0.15) is 0 Å². The predicted molar refractivity (Wildman–Crippen MR) is 77.4 cm³/mol. The lowest BCUT2D eigenvalue weighted by Gasteiger charge is -2.30. The van der Waals surface area contributed by atoms with Crippen molar-refractivity contribution in [3.63, 3.8) is 0 Å². The minimum Gasteiger partial charge on any atom is -0.296 e. The van der Waals surface area contributed by atoms with E-state index in [9.17, 15) is 4.79 Å². The Hall–Kier alpha value is -0.800. The Morgan fingerprint density at radius 3 is 2.72 bits per heavy atom. The average Bonchev–Trinajstić information content (AvgIpc) is 2.39. The summed E-state index contributed by atoms with van der Waals surface area (Å²) in [6, 6.07) is 7.94. The fraction of sp³-hybridized carbons (Fsp3) is 0.533. The molecule has 98 valence electrons. The van der Waals surface area contributed by atoms with E-state index in [2.05, 4.69) is 11.8 Å². The van der Waals surface area contributed by atoms with Crippen molar-refractivity contribution in [2.75, 3.05) is 25.9 Å². The number of hydrogen-bond acceptors (Lipinski definition) is 3. The third kappa shape index (κ3) is 3.59. The quantitative estimate of drug-likeness (QED) is 0.614. The molecule has 0 N–H and O–H groups in total. The first kappa shape index (κ1) is 13.6. The van der Waals surface area contributed by atoms with Crippen LogP contribution in [0.2, 0.25) is 0 Å². The zero-order chi connectivity index (χ0) is 13.0. The maximum atomic E-state index is 12.2. The first-order chi connectivity index (χ1) is 8.69. The number of thioether (sulfide) groups is 1. The van der Waals surface area contributed by atoms with E-state index in [1.807, 2.05) is 30.5 Å². The SMILES string of the molecule is CSc1ccc(C(=O)CN2CCCC(C)C2)cc1. The summed E-state index contributed by atoms with van der Waals surface area (Å²) >= 11 is 1.70. The van der Waals surface area contributed by atoms with Gasteiger partial charge in [-0.1, -0.05) is 19.1 Å². The first-order valence-electron chi connectivity index (χ1n) is 6.58. The van der Waals surface area contributed by atoms with Crippen LogP contribution < -0.4 is 0 Å². The highest BCUT2D eigenvalue weighted by atomic mass is 32.2. The lowest BCUT2D eigenvalue weighted by atomic mass is 9.99. The van der Waals surface area contributed by atoms with Crippen LogP contribution in [0.25, 0.3) is 0 Å². The summed E-state index contributed by atoms with van der Waals surface area (Å²) in [6.45, 7) is 4.97. The van der Waals surface area contributed by atoms with E-state index in [0.29, 0.717) is 6.54 Å². The number of ketones is 1. The molecule has 0 radical (unpaired) electrons. The fourth-order valence-electron chi connectivity index (χ4n) is 2.50. The molecule has 1 aromatic carbocycles. The number of hydrogen-bond donors (Lipinski definition) is 0. The van der Waals surface area contributed by atoms with E-state index < -0.39 is 0 Å². The van der Waals surface area contributed by atoms with Crippen LogP contribution in [0, 0.1) is 5.92 Å². The standard InChI is InChI=1S/C15H21NOS/c1-12-4-3-9-16(10-12)11-15(17)13-5-7-14(18-2)8-6-13/h5-8,12H,3-4,9-11H2,1-2H3. The summed E-state index contributed by atoms with van der Waals surface area (Å²) in [7, 11) is 0. The number of carbonyl (C=O) groups is 1. The molecule has 1 heterocycles. The second-order valence-corrected chi connectivity index (χ2v) is 6.01. The van der Waals surface area contributed by atoms with Gasteiger partial charge in [-0.15, -0.1) is 11.8 Å². The maximum Gasteiger partial charge on any atom is 0.176 e. The van der Waals surface area contributed by atoms with Crippen molar-refractivity contribution in [1.82, 2.24) is 4.90 Å². The van der Waals surface area contributed by atoms with E-state index in [1.54, 1.807) is 11.8 Å². The molecule has 1 unspecified atom stereocenters. The number of benzene rings is 1. The number of likely N-dealkylation sites (tertiary alicyclic amines) is 1. The van der Waals surface area contributed by atoms with Gasteiger partial charge in [-0.2, -0.15) is 0 Å². The van der Waals surface area contributed by atoms with E-state index in [4.69, 9.17) is 0 Å². The highest BCUT2D eigenvalue weighted by Crippen LogP contribution is 2.17. The van der Waals surface area contributed by atoms with Gasteiger partial charge in [0.15, 0.2) is 5.78 Å². The number of rotatable bonds is 4. The topological polar surface area (TPSA) is 20.3 Å². The second kappa shape index (κ2) is 6.39. The van der Waals surface area contributed by atoms with Crippen LogP contribution in [0.5, 0.6) is 0 Å². The van der Waals surface area contributed by atoms with Crippen molar-refractivity contribution in [3.05, 3.63) is 29.8 Å². The molecule has 1 fully saturated rings. The van der Waals surface area contributed by atoms with Crippen LogP contribution in [0.1, 0.15) is 30.1 Å². The van der Waals surface area contributed by atoms with Crippen LogP contribution in [0.3, 0.4) is 0 Å². The van der Waals surface area contributed by atoms with Crippen molar-refractivity contribution in [1.29, 1.82) is 0 Å². The highest BCUT2D eigenvalue weighted by molar-refractivity contribution is 7.98. The third-order valence-corrected chi connectivity index (χ3v) is 4.26. The van der Waals surface area contributed by atoms with Gasteiger partial charge in [0, 0.05) is 17.0 Å².